The van der Waals surface area contributed by atoms with Crippen LogP contribution in [-0.4, -0.2) is 50.0 Å². The van der Waals surface area contributed by atoms with Crippen molar-refractivity contribution < 1.29 is 4.74 Å². The first kappa shape index (κ1) is 17.8. The molecule has 0 radical (unpaired) electrons. The third-order valence-corrected chi connectivity index (χ3v) is 6.54. The van der Waals surface area contributed by atoms with E-state index in [2.05, 4.69) is 15.0 Å². The molecule has 3 unspecified atom stereocenters. The smallest absolute Gasteiger partial charge is 0.168 e. The molecule has 6 nitrogen and oxygen atoms in total. The zero-order valence-electron chi connectivity index (χ0n) is 15.1. The largest absolute Gasteiger partial charge is 0.497 e. The molecule has 4 aliphatic rings. The average Bonchev–Trinajstić information content (AvgIpc) is 3.11. The van der Waals surface area contributed by atoms with Gasteiger partial charge in [-0.25, -0.2) is 9.98 Å². The van der Waals surface area contributed by atoms with Crippen LogP contribution in [0, 0.1) is 5.41 Å². The summed E-state index contributed by atoms with van der Waals surface area (Å²) in [5.74, 6) is 0.476. The highest BCUT2D eigenvalue weighted by Crippen LogP contribution is 2.58. The lowest BCUT2D eigenvalue weighted by Gasteiger charge is -2.51. The summed E-state index contributed by atoms with van der Waals surface area (Å²) < 4.78 is 5.32. The summed E-state index contributed by atoms with van der Waals surface area (Å²) in [6.45, 7) is 0.650. The molecule has 1 aromatic carbocycles. The fourth-order valence-corrected chi connectivity index (χ4v) is 5.43. The molecule has 1 aromatic rings. The van der Waals surface area contributed by atoms with Crippen molar-refractivity contribution in [3.8, 4) is 5.75 Å². The Balaban J connectivity index is 1.80. The van der Waals surface area contributed by atoms with Crippen LogP contribution in [0.4, 0.5) is 0 Å². The monoisotopic (exact) mass is 413 g/mol. The topological polar surface area (TPSA) is 71.0 Å². The lowest BCUT2D eigenvalue weighted by molar-refractivity contribution is 0.225. The molecule has 0 spiro atoms. The zero-order valence-corrected chi connectivity index (χ0v) is 16.7. The van der Waals surface area contributed by atoms with Crippen molar-refractivity contribution in [2.45, 2.75) is 24.4 Å². The lowest BCUT2D eigenvalue weighted by Crippen LogP contribution is -2.59. The van der Waals surface area contributed by atoms with Gasteiger partial charge in [0.05, 0.1) is 18.5 Å². The van der Waals surface area contributed by atoms with Crippen molar-refractivity contribution in [2.75, 3.05) is 13.7 Å². The number of methoxy groups -OCH3 is 1. The Hall–Kier alpha value is -2.31. The predicted molar refractivity (Wildman–Crippen MR) is 115 cm³/mol. The molecule has 0 saturated carbocycles. The molecule has 142 valence electrons. The number of nitrogens with zero attached hydrogens (tertiary/aromatic N) is 5. The van der Waals surface area contributed by atoms with Crippen LogP contribution in [0.1, 0.15) is 24.3 Å². The number of ether oxygens (including phenoxy) is 1. The molecule has 4 aliphatic heterocycles. The highest BCUT2D eigenvalue weighted by atomic mass is 35.5. The van der Waals surface area contributed by atoms with E-state index in [0.29, 0.717) is 35.2 Å². The van der Waals surface area contributed by atoms with Crippen LogP contribution >= 0.6 is 23.2 Å². The minimum Gasteiger partial charge on any atom is -0.497 e. The third kappa shape index (κ3) is 2.25. The van der Waals surface area contributed by atoms with Gasteiger partial charge in [-0.2, -0.15) is 0 Å². The van der Waals surface area contributed by atoms with E-state index >= 15 is 0 Å². The van der Waals surface area contributed by atoms with Crippen LogP contribution in [0.5, 0.6) is 5.75 Å². The molecular formula is C20H17Cl2N5O. The molecular weight excluding hydrogens is 397 g/mol. The molecule has 0 N–H and O–H groups in total. The van der Waals surface area contributed by atoms with Crippen LogP contribution in [0.25, 0.3) is 0 Å². The Bertz CT molecular complexity index is 1020. The van der Waals surface area contributed by atoms with Crippen LogP contribution in [0.3, 0.4) is 0 Å². The first-order valence-corrected chi connectivity index (χ1v) is 9.81. The first-order valence-electron chi connectivity index (χ1n) is 9.05. The number of aliphatic imine (C=N–C) groups is 5. The van der Waals surface area contributed by atoms with Gasteiger partial charge in [0.2, 0.25) is 0 Å². The molecule has 0 fully saturated rings. The van der Waals surface area contributed by atoms with E-state index in [-0.39, 0.29) is 5.92 Å². The van der Waals surface area contributed by atoms with Crippen LogP contribution in [0.15, 0.2) is 48.9 Å². The van der Waals surface area contributed by atoms with E-state index in [4.69, 9.17) is 37.9 Å². The highest BCUT2D eigenvalue weighted by Gasteiger charge is 2.63. The Morgan fingerprint density at radius 3 is 2.79 bits per heavy atom. The quantitative estimate of drug-likeness (QED) is 0.716. The second kappa shape index (κ2) is 6.36. The number of benzene rings is 1. The number of fused-ring (bicyclic) bond motifs is 1. The summed E-state index contributed by atoms with van der Waals surface area (Å²) in [7, 11) is 1.59. The Kier molecular flexibility index (Phi) is 4.03. The molecule has 0 amide bonds. The number of allylic oxidation sites excluding steroid dienone is 2. The van der Waals surface area contributed by atoms with Crippen LogP contribution in [-0.2, 0) is 0 Å². The van der Waals surface area contributed by atoms with E-state index in [1.165, 1.54) is 0 Å². The second-order valence-corrected chi connectivity index (χ2v) is 7.94. The molecule has 0 aliphatic carbocycles. The minimum atomic E-state index is -0.741. The van der Waals surface area contributed by atoms with Gasteiger partial charge in [-0.05, 0) is 30.2 Å². The van der Waals surface area contributed by atoms with E-state index in [0.717, 1.165) is 17.0 Å². The molecule has 4 heterocycles. The van der Waals surface area contributed by atoms with Crippen molar-refractivity contribution >= 4 is 53.9 Å². The number of rotatable bonds is 2. The van der Waals surface area contributed by atoms with Crippen LogP contribution < -0.4 is 4.74 Å². The SMILES string of the molecule is COc1cc(Cl)c(C2CC=NC34CCN=CC23C2=NC=NC2=CC=N4)c(Cl)c1. The molecule has 0 saturated heterocycles. The van der Waals surface area contributed by atoms with E-state index < -0.39 is 11.1 Å². The summed E-state index contributed by atoms with van der Waals surface area (Å²) in [5, 5.41) is 1.09. The summed E-state index contributed by atoms with van der Waals surface area (Å²) in [6.07, 6.45) is 10.4. The van der Waals surface area contributed by atoms with E-state index in [1.54, 1.807) is 31.8 Å². The standard InChI is InChI=1S/C20H17Cl2N5O/c1-28-12-8-14(21)17(15(22)9-12)13-2-5-26-20-4-7-23-10-19(13,20)18-16(3-6-27-20)24-11-25-18/h3,5-6,8-11,13H,2,4,7H2,1H3. The lowest BCUT2D eigenvalue weighted by atomic mass is 9.57. The summed E-state index contributed by atoms with van der Waals surface area (Å²) in [4.78, 5) is 23.5. The summed E-state index contributed by atoms with van der Waals surface area (Å²) in [5.41, 5.74) is 0.978. The van der Waals surface area contributed by atoms with Gasteiger partial charge in [0.15, 0.2) is 5.66 Å². The van der Waals surface area contributed by atoms with Gasteiger partial charge in [-0.1, -0.05) is 23.2 Å². The summed E-state index contributed by atoms with van der Waals surface area (Å²) in [6, 6.07) is 3.58. The van der Waals surface area contributed by atoms with Gasteiger partial charge in [-0.15, -0.1) is 0 Å². The Morgan fingerprint density at radius 2 is 2.00 bits per heavy atom. The maximum Gasteiger partial charge on any atom is 0.168 e. The van der Waals surface area contributed by atoms with Crippen molar-refractivity contribution in [1.29, 1.82) is 0 Å². The van der Waals surface area contributed by atoms with E-state index in [1.807, 2.05) is 18.5 Å². The number of hydrogen-bond acceptors (Lipinski definition) is 6. The minimum absolute atomic E-state index is 0.140. The highest BCUT2D eigenvalue weighted by molar-refractivity contribution is 6.36. The van der Waals surface area contributed by atoms with Gasteiger partial charge in [0.25, 0.3) is 0 Å². The second-order valence-electron chi connectivity index (χ2n) is 7.13. The van der Waals surface area contributed by atoms with Gasteiger partial charge >= 0.3 is 0 Å². The number of hydrogen-bond donors (Lipinski definition) is 0. The molecule has 3 atom stereocenters. The summed E-state index contributed by atoms with van der Waals surface area (Å²) >= 11 is 13.4. The molecule has 8 heteroatoms. The van der Waals surface area contributed by atoms with Gasteiger partial charge in [0, 0.05) is 47.6 Å². The predicted octanol–water partition coefficient (Wildman–Crippen LogP) is 4.17. The third-order valence-electron chi connectivity index (χ3n) is 5.92. The average molecular weight is 414 g/mol. The van der Waals surface area contributed by atoms with Gasteiger partial charge in [0.1, 0.15) is 17.5 Å². The van der Waals surface area contributed by atoms with Crippen molar-refractivity contribution in [2.24, 2.45) is 30.4 Å². The van der Waals surface area contributed by atoms with Crippen molar-refractivity contribution in [1.82, 2.24) is 0 Å². The van der Waals surface area contributed by atoms with E-state index in [9.17, 15) is 0 Å². The maximum atomic E-state index is 6.71. The maximum absolute atomic E-state index is 6.71. The normalized spacial score (nSPS) is 32.2. The molecule has 5 rings (SSSR count). The molecule has 0 bridgehead atoms. The zero-order chi connectivity index (χ0) is 19.4. The fourth-order valence-electron chi connectivity index (χ4n) is 4.70. The van der Waals surface area contributed by atoms with Gasteiger partial charge in [-0.3, -0.25) is 15.0 Å². The molecule has 0 aromatic heterocycles. The fraction of sp³-hybridized carbons (Fsp3) is 0.350. The number of halogens is 2. The first-order chi connectivity index (χ1) is 13.6. The Morgan fingerprint density at radius 1 is 1.18 bits per heavy atom. The Labute approximate surface area is 172 Å². The van der Waals surface area contributed by atoms with Crippen LogP contribution in [0.2, 0.25) is 10.0 Å². The van der Waals surface area contributed by atoms with Crippen molar-refractivity contribution in [3.63, 3.8) is 0 Å². The van der Waals surface area contributed by atoms with Gasteiger partial charge < -0.3 is 4.74 Å². The molecule has 28 heavy (non-hydrogen) atoms. The van der Waals surface area contributed by atoms with Crippen molar-refractivity contribution in [3.05, 3.63) is 39.5 Å².